The van der Waals surface area contributed by atoms with Crippen LogP contribution in [0.5, 0.6) is 0 Å². The maximum atomic E-state index is 12.1. The van der Waals surface area contributed by atoms with Crippen molar-refractivity contribution >= 4 is 11.9 Å². The van der Waals surface area contributed by atoms with Gasteiger partial charge in [0.2, 0.25) is 0 Å². The van der Waals surface area contributed by atoms with Crippen molar-refractivity contribution in [3.8, 4) is 11.6 Å². The van der Waals surface area contributed by atoms with Gasteiger partial charge < -0.3 is 8.94 Å². The molecular weight excluding hydrogens is 288 g/mol. The fraction of sp³-hybridized carbons (Fsp3) is 0.308. The molecule has 0 unspecified atom stereocenters. The maximum Gasteiger partial charge on any atom is 0.322 e. The zero-order valence-electron chi connectivity index (χ0n) is 12.3. The average molecular weight is 302 g/mol. The van der Waals surface area contributed by atoms with Crippen molar-refractivity contribution in [2.24, 2.45) is 0 Å². The highest BCUT2D eigenvalue weighted by molar-refractivity contribution is 6.01. The Morgan fingerprint density at radius 2 is 2.14 bits per heavy atom. The first-order valence-electron chi connectivity index (χ1n) is 6.70. The van der Waals surface area contributed by atoms with Gasteiger partial charge in [-0.05, 0) is 26.8 Å². The second-order valence-corrected chi connectivity index (χ2v) is 4.68. The van der Waals surface area contributed by atoms with Crippen LogP contribution in [0.15, 0.2) is 21.1 Å². The van der Waals surface area contributed by atoms with Crippen LogP contribution in [0.2, 0.25) is 0 Å². The van der Waals surface area contributed by atoms with E-state index in [4.69, 9.17) is 8.94 Å². The van der Waals surface area contributed by atoms with Crippen LogP contribution in [0.25, 0.3) is 11.6 Å². The molecule has 0 bridgehead atoms. The molecule has 9 nitrogen and oxygen atoms in total. The fourth-order valence-corrected chi connectivity index (χ4v) is 1.95. The van der Waals surface area contributed by atoms with Crippen molar-refractivity contribution in [1.29, 1.82) is 0 Å². The minimum atomic E-state index is -0.415. The third-order valence-corrected chi connectivity index (χ3v) is 3.01. The van der Waals surface area contributed by atoms with E-state index < -0.39 is 5.91 Å². The molecule has 0 atom stereocenters. The normalized spacial score (nSPS) is 10.9. The number of carbonyl (C=O) groups is 1. The van der Waals surface area contributed by atoms with Crippen molar-refractivity contribution in [3.05, 3.63) is 29.3 Å². The van der Waals surface area contributed by atoms with E-state index in [9.17, 15) is 4.79 Å². The number of aromatic nitrogens is 5. The second kappa shape index (κ2) is 5.43. The van der Waals surface area contributed by atoms with Gasteiger partial charge in [0.1, 0.15) is 5.76 Å². The van der Waals surface area contributed by atoms with Gasteiger partial charge in [-0.3, -0.25) is 14.8 Å². The van der Waals surface area contributed by atoms with Crippen LogP contribution in [0, 0.1) is 13.8 Å². The summed E-state index contributed by atoms with van der Waals surface area (Å²) in [5.74, 6) is 0.378. The Morgan fingerprint density at radius 1 is 1.32 bits per heavy atom. The lowest BCUT2D eigenvalue weighted by molar-refractivity contribution is 0.101. The molecule has 0 saturated carbocycles. The quantitative estimate of drug-likeness (QED) is 0.782. The Hall–Kier alpha value is -2.97. The van der Waals surface area contributed by atoms with Gasteiger partial charge in [-0.1, -0.05) is 10.3 Å². The Labute approximate surface area is 125 Å². The van der Waals surface area contributed by atoms with Gasteiger partial charge in [0.25, 0.3) is 11.8 Å². The van der Waals surface area contributed by atoms with Gasteiger partial charge in [-0.25, -0.2) is 0 Å². The number of rotatable bonds is 4. The van der Waals surface area contributed by atoms with Crippen LogP contribution in [0.4, 0.5) is 6.01 Å². The third-order valence-electron chi connectivity index (χ3n) is 3.01. The number of hydrogen-bond donors (Lipinski definition) is 1. The number of anilines is 1. The molecule has 0 aliphatic carbocycles. The Bertz CT molecular complexity index is 815. The lowest BCUT2D eigenvalue weighted by Gasteiger charge is -1.97. The summed E-state index contributed by atoms with van der Waals surface area (Å²) in [6.45, 7) is 6.27. The first-order chi connectivity index (χ1) is 10.6. The molecule has 1 amide bonds. The Balaban J connectivity index is 1.75. The number of carbonyl (C=O) groups excluding carboxylic acids is 1. The summed E-state index contributed by atoms with van der Waals surface area (Å²) in [6.07, 6.45) is 0. The average Bonchev–Trinajstić information content (AvgIpc) is 3.18. The standard InChI is InChI=1S/C13H14N6O3/c1-4-19-7(2)5-9(17-19)11(20)14-13-16-15-12(21-13)10-6-8(3)22-18-10/h5-6H,4H2,1-3H3,(H,14,16,20). The number of aryl methyl sites for hydroxylation is 3. The number of hydrogen-bond acceptors (Lipinski definition) is 7. The summed E-state index contributed by atoms with van der Waals surface area (Å²) < 4.78 is 12.0. The first kappa shape index (κ1) is 14.0. The molecule has 9 heteroatoms. The van der Waals surface area contributed by atoms with Crippen molar-refractivity contribution in [2.75, 3.05) is 5.32 Å². The first-order valence-corrected chi connectivity index (χ1v) is 6.70. The van der Waals surface area contributed by atoms with E-state index in [0.717, 1.165) is 5.69 Å². The number of nitrogens with one attached hydrogen (secondary N) is 1. The van der Waals surface area contributed by atoms with Crippen LogP contribution >= 0.6 is 0 Å². The predicted octanol–water partition coefficient (Wildman–Crippen LogP) is 1.81. The molecule has 0 aliphatic rings. The van der Waals surface area contributed by atoms with Crippen molar-refractivity contribution in [2.45, 2.75) is 27.3 Å². The molecule has 3 heterocycles. The van der Waals surface area contributed by atoms with Gasteiger partial charge in [0, 0.05) is 18.3 Å². The summed E-state index contributed by atoms with van der Waals surface area (Å²) in [7, 11) is 0. The lowest BCUT2D eigenvalue weighted by Crippen LogP contribution is -2.13. The molecule has 3 aromatic heterocycles. The molecule has 0 radical (unpaired) electrons. The van der Waals surface area contributed by atoms with E-state index in [1.165, 1.54) is 0 Å². The van der Waals surface area contributed by atoms with E-state index in [2.05, 4.69) is 25.8 Å². The van der Waals surface area contributed by atoms with Gasteiger partial charge >= 0.3 is 6.01 Å². The molecule has 1 N–H and O–H groups in total. The molecule has 0 spiro atoms. The highest BCUT2D eigenvalue weighted by Crippen LogP contribution is 2.19. The van der Waals surface area contributed by atoms with E-state index in [1.54, 1.807) is 23.7 Å². The van der Waals surface area contributed by atoms with Gasteiger partial charge in [-0.2, -0.15) is 5.10 Å². The maximum absolute atomic E-state index is 12.1. The van der Waals surface area contributed by atoms with Crippen LogP contribution < -0.4 is 5.32 Å². The Morgan fingerprint density at radius 3 is 2.77 bits per heavy atom. The Kier molecular flexibility index (Phi) is 3.45. The molecule has 22 heavy (non-hydrogen) atoms. The van der Waals surface area contributed by atoms with E-state index in [1.807, 2.05) is 13.8 Å². The predicted molar refractivity (Wildman–Crippen MR) is 75.1 cm³/mol. The SMILES string of the molecule is CCn1nc(C(=O)Nc2nnc(-c3cc(C)on3)o2)cc1C. The molecule has 3 rings (SSSR count). The minimum Gasteiger partial charge on any atom is -0.401 e. The minimum absolute atomic E-state index is 0.0237. The van der Waals surface area contributed by atoms with E-state index >= 15 is 0 Å². The zero-order chi connectivity index (χ0) is 15.7. The molecule has 3 aromatic rings. The van der Waals surface area contributed by atoms with Gasteiger partial charge in [0.15, 0.2) is 11.4 Å². The third kappa shape index (κ3) is 2.60. The van der Waals surface area contributed by atoms with Crippen molar-refractivity contribution in [3.63, 3.8) is 0 Å². The second-order valence-electron chi connectivity index (χ2n) is 4.68. The summed E-state index contributed by atoms with van der Waals surface area (Å²) in [5, 5.41) is 18.0. The summed E-state index contributed by atoms with van der Waals surface area (Å²) in [5.41, 5.74) is 1.60. The van der Waals surface area contributed by atoms with Crippen LogP contribution in [0.3, 0.4) is 0 Å². The molecule has 0 aromatic carbocycles. The monoisotopic (exact) mass is 302 g/mol. The lowest BCUT2D eigenvalue weighted by atomic mass is 10.3. The highest BCUT2D eigenvalue weighted by Gasteiger charge is 2.17. The van der Waals surface area contributed by atoms with Crippen LogP contribution in [0.1, 0.15) is 28.9 Å². The van der Waals surface area contributed by atoms with Gasteiger partial charge in [0.05, 0.1) is 0 Å². The largest absolute Gasteiger partial charge is 0.401 e. The fourth-order valence-electron chi connectivity index (χ4n) is 1.95. The van der Waals surface area contributed by atoms with Crippen molar-refractivity contribution in [1.82, 2.24) is 25.1 Å². The van der Waals surface area contributed by atoms with Crippen LogP contribution in [-0.4, -0.2) is 31.0 Å². The molecule has 0 fully saturated rings. The van der Waals surface area contributed by atoms with Crippen molar-refractivity contribution < 1.29 is 13.7 Å². The summed E-state index contributed by atoms with van der Waals surface area (Å²) in [6, 6.07) is 3.33. The molecular formula is C13H14N6O3. The number of amides is 1. The van der Waals surface area contributed by atoms with Gasteiger partial charge in [-0.15, -0.1) is 5.10 Å². The summed E-state index contributed by atoms with van der Waals surface area (Å²) >= 11 is 0. The smallest absolute Gasteiger partial charge is 0.322 e. The zero-order valence-corrected chi connectivity index (χ0v) is 12.3. The van der Waals surface area contributed by atoms with E-state index in [0.29, 0.717) is 18.0 Å². The molecule has 114 valence electrons. The highest BCUT2D eigenvalue weighted by atomic mass is 16.5. The summed E-state index contributed by atoms with van der Waals surface area (Å²) in [4.78, 5) is 12.1. The topological polar surface area (TPSA) is 112 Å². The van der Waals surface area contributed by atoms with E-state index in [-0.39, 0.29) is 17.6 Å². The molecule has 0 saturated heterocycles. The number of nitrogens with zero attached hydrogens (tertiary/aromatic N) is 5. The molecule has 0 aliphatic heterocycles. The van der Waals surface area contributed by atoms with Crippen LogP contribution in [-0.2, 0) is 6.54 Å².